The van der Waals surface area contributed by atoms with Gasteiger partial charge in [-0.05, 0) is 55.9 Å². The Morgan fingerprint density at radius 2 is 2.08 bits per heavy atom. The van der Waals surface area contributed by atoms with Crippen LogP contribution in [0.2, 0.25) is 0 Å². The molecule has 3 atom stereocenters. The van der Waals surface area contributed by atoms with Gasteiger partial charge in [-0.15, -0.1) is 34.0 Å². The van der Waals surface area contributed by atoms with Crippen LogP contribution in [0.15, 0.2) is 35.2 Å². The number of fused-ring (bicyclic) bond motifs is 4. The zero-order valence-electron chi connectivity index (χ0n) is 15.9. The smallest absolute Gasteiger partial charge is 0.0677 e. The maximum Gasteiger partial charge on any atom is 0.0677 e. The molecule has 5 heteroatoms. The van der Waals surface area contributed by atoms with Gasteiger partial charge in [0.1, 0.15) is 0 Å². The Bertz CT molecular complexity index is 596. The number of likely N-dealkylation sites (N-methyl/N-ethyl adjacent to an activating group) is 1. The fourth-order valence-electron chi connectivity index (χ4n) is 5.53. The van der Waals surface area contributed by atoms with E-state index in [0.29, 0.717) is 18.0 Å². The Morgan fingerprint density at radius 3 is 2.76 bits per heavy atom. The van der Waals surface area contributed by atoms with Gasteiger partial charge in [-0.3, -0.25) is 4.90 Å². The summed E-state index contributed by atoms with van der Waals surface area (Å²) in [6.45, 7) is 12.9. The predicted molar refractivity (Wildman–Crippen MR) is 117 cm³/mol. The van der Waals surface area contributed by atoms with E-state index in [9.17, 15) is 0 Å². The second-order valence-corrected chi connectivity index (χ2v) is 8.00. The molecule has 0 amide bonds. The summed E-state index contributed by atoms with van der Waals surface area (Å²) in [7, 11) is 0. The van der Waals surface area contributed by atoms with Gasteiger partial charge < -0.3 is 10.2 Å². The second kappa shape index (κ2) is 7.87. The van der Waals surface area contributed by atoms with Gasteiger partial charge in [0.25, 0.3) is 0 Å². The first-order valence-corrected chi connectivity index (χ1v) is 9.43. The number of halogens is 2. The Hall–Kier alpha value is -0.100. The van der Waals surface area contributed by atoms with Crippen molar-refractivity contribution in [2.45, 2.75) is 64.6 Å². The normalized spacial score (nSPS) is 34.0. The molecular weight excluding hydrogens is 442 g/mol. The van der Waals surface area contributed by atoms with Crippen molar-refractivity contribution >= 4 is 34.0 Å². The zero-order valence-corrected chi connectivity index (χ0v) is 19.3. The third-order valence-corrected chi connectivity index (χ3v) is 6.67. The Labute approximate surface area is 174 Å². The van der Waals surface area contributed by atoms with Crippen molar-refractivity contribution in [3.63, 3.8) is 0 Å². The number of hydrogen-bond donors (Lipinski definition) is 1. The summed E-state index contributed by atoms with van der Waals surface area (Å²) in [5.41, 5.74) is 4.91. The molecule has 1 N–H and O–H groups in total. The summed E-state index contributed by atoms with van der Waals surface area (Å²) in [6, 6.07) is 1.08. The largest absolute Gasteiger partial charge is 0.340 e. The summed E-state index contributed by atoms with van der Waals surface area (Å²) < 4.78 is 0. The summed E-state index contributed by atoms with van der Waals surface area (Å²) in [5.74, 6) is 0.627. The number of allylic oxidation sites excluding steroid dienone is 2. The maximum atomic E-state index is 3.94. The van der Waals surface area contributed by atoms with Crippen molar-refractivity contribution in [2.24, 2.45) is 5.92 Å². The van der Waals surface area contributed by atoms with E-state index < -0.39 is 0 Å². The molecule has 4 rings (SSSR count). The lowest BCUT2D eigenvalue weighted by Crippen LogP contribution is -2.73. The fraction of sp³-hybridized carbons (Fsp3) is 0.700. The molecule has 1 aliphatic carbocycles. The Balaban J connectivity index is 0.00000113. The van der Waals surface area contributed by atoms with Gasteiger partial charge >= 0.3 is 0 Å². The maximum absolute atomic E-state index is 3.94. The highest BCUT2D eigenvalue weighted by molar-refractivity contribution is 8.93. The predicted octanol–water partition coefficient (Wildman–Crippen LogP) is 4.43. The molecule has 0 aromatic heterocycles. The van der Waals surface area contributed by atoms with Crippen LogP contribution in [0.5, 0.6) is 0 Å². The molecule has 25 heavy (non-hydrogen) atoms. The molecule has 4 aliphatic rings. The van der Waals surface area contributed by atoms with Gasteiger partial charge in [0.2, 0.25) is 0 Å². The monoisotopic (exact) mass is 473 g/mol. The molecule has 0 radical (unpaired) electrons. The topological polar surface area (TPSA) is 18.5 Å². The van der Waals surface area contributed by atoms with E-state index in [1.807, 2.05) is 0 Å². The SMILES string of the molecule is Br.Br.CCN1CCN[C@@H]2C1C(C)=CN1C3=C(CCC=C3)C[C@@]21C(C)C. The third-order valence-electron chi connectivity index (χ3n) is 6.67. The summed E-state index contributed by atoms with van der Waals surface area (Å²) in [6.07, 6.45) is 10.9. The average molecular weight is 475 g/mol. The van der Waals surface area contributed by atoms with E-state index in [0.717, 1.165) is 13.1 Å². The molecule has 0 aromatic carbocycles. The van der Waals surface area contributed by atoms with Gasteiger partial charge in [0, 0.05) is 31.0 Å². The molecule has 0 saturated carbocycles. The first-order chi connectivity index (χ1) is 11.1. The van der Waals surface area contributed by atoms with Gasteiger partial charge in [-0.25, -0.2) is 0 Å². The molecule has 0 aromatic rings. The summed E-state index contributed by atoms with van der Waals surface area (Å²) in [5, 5.41) is 3.94. The second-order valence-electron chi connectivity index (χ2n) is 8.00. The van der Waals surface area contributed by atoms with E-state index in [4.69, 9.17) is 0 Å². The van der Waals surface area contributed by atoms with Crippen LogP contribution in [0, 0.1) is 5.92 Å². The van der Waals surface area contributed by atoms with E-state index in [2.05, 4.69) is 61.2 Å². The van der Waals surface area contributed by atoms with Crippen molar-refractivity contribution in [1.29, 1.82) is 0 Å². The molecular formula is C20H33Br2N3. The molecule has 1 saturated heterocycles. The molecule has 1 unspecified atom stereocenters. The highest BCUT2D eigenvalue weighted by Crippen LogP contribution is 2.52. The van der Waals surface area contributed by atoms with E-state index >= 15 is 0 Å². The Kier molecular flexibility index (Phi) is 6.68. The van der Waals surface area contributed by atoms with Gasteiger partial charge in [0.05, 0.1) is 11.6 Å². The quantitative estimate of drug-likeness (QED) is 0.638. The molecule has 3 aliphatic heterocycles. The first-order valence-electron chi connectivity index (χ1n) is 9.43. The minimum Gasteiger partial charge on any atom is -0.340 e. The van der Waals surface area contributed by atoms with Crippen molar-refractivity contribution in [3.05, 3.63) is 35.2 Å². The number of nitrogens with zero attached hydrogens (tertiary/aromatic N) is 2. The van der Waals surface area contributed by atoms with Crippen molar-refractivity contribution in [2.75, 3.05) is 19.6 Å². The van der Waals surface area contributed by atoms with Crippen molar-refractivity contribution < 1.29 is 0 Å². The number of nitrogens with one attached hydrogen (secondary N) is 1. The number of rotatable bonds is 2. The van der Waals surface area contributed by atoms with Crippen LogP contribution < -0.4 is 5.32 Å². The standard InChI is InChI=1S/C20H31N3.2BrH/c1-5-22-11-10-21-19-18(22)15(4)13-23-17-9-7-6-8-16(17)12-20(19,23)14(2)3;;/h7,9,13-14,18-19,21H,5-6,8,10-12H2,1-4H3;2*1H/t18?,19-,20-;;/m1../s1. The lowest BCUT2D eigenvalue weighted by molar-refractivity contribution is 0.00972. The molecule has 0 bridgehead atoms. The lowest BCUT2D eigenvalue weighted by atomic mass is 9.69. The van der Waals surface area contributed by atoms with Gasteiger partial charge in [0.15, 0.2) is 0 Å². The molecule has 3 nitrogen and oxygen atoms in total. The van der Waals surface area contributed by atoms with Crippen LogP contribution in [-0.2, 0) is 0 Å². The molecule has 0 spiro atoms. The lowest BCUT2D eigenvalue weighted by Gasteiger charge is -2.58. The minimum absolute atomic E-state index is 0. The minimum atomic E-state index is 0. The average Bonchev–Trinajstić information content (AvgIpc) is 2.90. The summed E-state index contributed by atoms with van der Waals surface area (Å²) >= 11 is 0. The van der Waals surface area contributed by atoms with Crippen LogP contribution in [0.1, 0.15) is 47.0 Å². The van der Waals surface area contributed by atoms with Crippen LogP contribution in [0.3, 0.4) is 0 Å². The van der Waals surface area contributed by atoms with Crippen LogP contribution in [0.25, 0.3) is 0 Å². The highest BCUT2D eigenvalue weighted by atomic mass is 79.9. The van der Waals surface area contributed by atoms with Crippen molar-refractivity contribution in [3.8, 4) is 0 Å². The van der Waals surface area contributed by atoms with Crippen LogP contribution >= 0.6 is 34.0 Å². The Morgan fingerprint density at radius 1 is 1.32 bits per heavy atom. The molecule has 1 fully saturated rings. The number of piperazine rings is 1. The van der Waals surface area contributed by atoms with E-state index in [-0.39, 0.29) is 39.5 Å². The molecule has 142 valence electrons. The van der Waals surface area contributed by atoms with Crippen molar-refractivity contribution in [1.82, 2.24) is 15.1 Å². The van der Waals surface area contributed by atoms with Crippen LogP contribution in [-0.4, -0.2) is 47.1 Å². The van der Waals surface area contributed by atoms with Gasteiger partial charge in [-0.1, -0.05) is 26.8 Å². The first kappa shape index (κ1) is 21.2. The zero-order chi connectivity index (χ0) is 16.2. The fourth-order valence-corrected chi connectivity index (χ4v) is 5.53. The van der Waals surface area contributed by atoms with Gasteiger partial charge in [-0.2, -0.15) is 0 Å². The third kappa shape index (κ3) is 2.99. The molecule has 3 heterocycles. The van der Waals surface area contributed by atoms with E-state index in [1.54, 1.807) is 5.57 Å². The number of hydrogen-bond acceptors (Lipinski definition) is 3. The van der Waals surface area contributed by atoms with Crippen LogP contribution in [0.4, 0.5) is 0 Å². The summed E-state index contributed by atoms with van der Waals surface area (Å²) in [4.78, 5) is 5.34. The van der Waals surface area contributed by atoms with E-state index in [1.165, 1.54) is 37.1 Å². The highest BCUT2D eigenvalue weighted by Gasteiger charge is 2.57.